The Bertz CT molecular complexity index is 267. The smallest absolute Gasteiger partial charge is 0.0743 e. The van der Waals surface area contributed by atoms with Crippen molar-refractivity contribution >= 4 is 0 Å². The Labute approximate surface area is 110 Å². The molecule has 0 aromatic heterocycles. The summed E-state index contributed by atoms with van der Waals surface area (Å²) in [5.74, 6) is 0. The average Bonchev–Trinajstić information content (AvgIpc) is 2.94. The van der Waals surface area contributed by atoms with E-state index in [0.29, 0.717) is 30.8 Å². The van der Waals surface area contributed by atoms with Gasteiger partial charge in [0.05, 0.1) is 18.8 Å². The predicted octanol–water partition coefficient (Wildman–Crippen LogP) is 1.14. The summed E-state index contributed by atoms with van der Waals surface area (Å²) in [5, 5.41) is 0. The Morgan fingerprint density at radius 3 is 2.72 bits per heavy atom. The summed E-state index contributed by atoms with van der Waals surface area (Å²) in [6, 6.07) is 0.993. The number of rotatable bonds is 3. The number of fused-ring (bicyclic) bond motifs is 1. The lowest BCUT2D eigenvalue weighted by atomic mass is 9.88. The number of nitrogens with zero attached hydrogens (tertiary/aromatic N) is 1. The first-order valence-electron chi connectivity index (χ1n) is 7.59. The molecule has 3 fully saturated rings. The molecule has 104 valence electrons. The highest BCUT2D eigenvalue weighted by atomic mass is 16.5. The number of hydrogen-bond acceptors (Lipinski definition) is 4. The molecule has 2 saturated heterocycles. The van der Waals surface area contributed by atoms with Crippen LogP contribution in [0, 0.1) is 0 Å². The lowest BCUT2D eigenvalue weighted by molar-refractivity contribution is -0.118. The Balaban J connectivity index is 1.71. The van der Waals surface area contributed by atoms with E-state index in [1.54, 1.807) is 0 Å². The van der Waals surface area contributed by atoms with Gasteiger partial charge >= 0.3 is 0 Å². The summed E-state index contributed by atoms with van der Waals surface area (Å²) < 4.78 is 11.8. The maximum atomic E-state index is 6.04. The molecule has 2 aliphatic heterocycles. The van der Waals surface area contributed by atoms with Crippen molar-refractivity contribution < 1.29 is 9.47 Å². The van der Waals surface area contributed by atoms with Crippen molar-refractivity contribution in [1.29, 1.82) is 0 Å². The van der Waals surface area contributed by atoms with E-state index in [1.807, 2.05) is 0 Å². The Morgan fingerprint density at radius 2 is 1.94 bits per heavy atom. The average molecular weight is 254 g/mol. The Kier molecular flexibility index (Phi) is 4.19. The highest BCUT2D eigenvalue weighted by molar-refractivity contribution is 4.94. The van der Waals surface area contributed by atoms with Crippen molar-refractivity contribution in [2.24, 2.45) is 5.73 Å². The van der Waals surface area contributed by atoms with Crippen molar-refractivity contribution in [3.8, 4) is 0 Å². The van der Waals surface area contributed by atoms with Crippen LogP contribution in [0.1, 0.15) is 38.5 Å². The van der Waals surface area contributed by atoms with E-state index in [2.05, 4.69) is 4.90 Å². The first-order chi connectivity index (χ1) is 8.90. The Morgan fingerprint density at radius 1 is 1.06 bits per heavy atom. The molecule has 4 unspecified atom stereocenters. The van der Waals surface area contributed by atoms with Crippen molar-refractivity contribution in [3.05, 3.63) is 0 Å². The van der Waals surface area contributed by atoms with Crippen LogP contribution >= 0.6 is 0 Å². The summed E-state index contributed by atoms with van der Waals surface area (Å²) in [6.07, 6.45) is 8.33. The van der Waals surface area contributed by atoms with E-state index in [1.165, 1.54) is 38.5 Å². The number of morpholine rings is 1. The van der Waals surface area contributed by atoms with Gasteiger partial charge in [-0.25, -0.2) is 0 Å². The normalized spacial score (nSPS) is 39.5. The van der Waals surface area contributed by atoms with Gasteiger partial charge in [-0.05, 0) is 25.7 Å². The van der Waals surface area contributed by atoms with E-state index in [4.69, 9.17) is 15.2 Å². The molecule has 4 nitrogen and oxygen atoms in total. The highest BCUT2D eigenvalue weighted by Crippen LogP contribution is 2.31. The van der Waals surface area contributed by atoms with Crippen LogP contribution in [0.5, 0.6) is 0 Å². The summed E-state index contributed by atoms with van der Waals surface area (Å²) in [5.41, 5.74) is 6.04. The van der Waals surface area contributed by atoms with Gasteiger partial charge in [0.2, 0.25) is 0 Å². The fraction of sp³-hybridized carbons (Fsp3) is 1.00. The zero-order valence-corrected chi connectivity index (χ0v) is 11.2. The highest BCUT2D eigenvalue weighted by Gasteiger charge is 2.40. The van der Waals surface area contributed by atoms with Crippen molar-refractivity contribution in [1.82, 2.24) is 4.90 Å². The van der Waals surface area contributed by atoms with Crippen LogP contribution in [0.25, 0.3) is 0 Å². The molecule has 0 amide bonds. The second-order valence-corrected chi connectivity index (χ2v) is 5.85. The summed E-state index contributed by atoms with van der Waals surface area (Å²) >= 11 is 0. The van der Waals surface area contributed by atoms with Gasteiger partial charge in [0.15, 0.2) is 0 Å². The van der Waals surface area contributed by atoms with Crippen LogP contribution in [0.3, 0.4) is 0 Å². The van der Waals surface area contributed by atoms with E-state index in [0.717, 1.165) is 19.8 Å². The number of ether oxygens (including phenoxy) is 2. The molecule has 3 aliphatic rings. The molecule has 18 heavy (non-hydrogen) atoms. The summed E-state index contributed by atoms with van der Waals surface area (Å²) in [6.45, 7) is 3.53. The van der Waals surface area contributed by atoms with Crippen LogP contribution in [0.15, 0.2) is 0 Å². The van der Waals surface area contributed by atoms with E-state index >= 15 is 0 Å². The van der Waals surface area contributed by atoms with Crippen LogP contribution in [-0.2, 0) is 9.47 Å². The molecule has 4 atom stereocenters. The van der Waals surface area contributed by atoms with Gasteiger partial charge in [0.1, 0.15) is 0 Å². The topological polar surface area (TPSA) is 47.7 Å². The number of hydrogen-bond donors (Lipinski definition) is 1. The number of nitrogens with two attached hydrogens (primary N) is 1. The quantitative estimate of drug-likeness (QED) is 0.820. The van der Waals surface area contributed by atoms with Crippen LogP contribution in [-0.4, -0.2) is 55.5 Å². The minimum absolute atomic E-state index is 0.357. The molecule has 2 N–H and O–H groups in total. The van der Waals surface area contributed by atoms with Crippen molar-refractivity contribution in [3.63, 3.8) is 0 Å². The van der Waals surface area contributed by atoms with Crippen LogP contribution in [0.2, 0.25) is 0 Å². The fourth-order valence-corrected chi connectivity index (χ4v) is 3.94. The molecule has 1 aliphatic carbocycles. The molecular weight excluding hydrogens is 228 g/mol. The summed E-state index contributed by atoms with van der Waals surface area (Å²) in [7, 11) is 0. The standard InChI is InChI=1S/C14H26N2O2/c15-10-12(14-6-3-8-17-14)16-7-9-18-13-5-2-1-4-11(13)16/h11-14H,1-10,15H2. The van der Waals surface area contributed by atoms with Gasteiger partial charge in [-0.1, -0.05) is 12.8 Å². The first-order valence-corrected chi connectivity index (χ1v) is 7.59. The fourth-order valence-electron chi connectivity index (χ4n) is 3.94. The van der Waals surface area contributed by atoms with Gasteiger partial charge in [0.25, 0.3) is 0 Å². The minimum atomic E-state index is 0.357. The zero-order valence-electron chi connectivity index (χ0n) is 11.2. The largest absolute Gasteiger partial charge is 0.377 e. The van der Waals surface area contributed by atoms with Gasteiger partial charge in [-0.2, -0.15) is 0 Å². The summed E-state index contributed by atoms with van der Waals surface area (Å²) in [4.78, 5) is 2.61. The van der Waals surface area contributed by atoms with Crippen LogP contribution < -0.4 is 5.73 Å². The molecule has 3 rings (SSSR count). The van der Waals surface area contributed by atoms with Gasteiger partial charge in [0, 0.05) is 31.8 Å². The van der Waals surface area contributed by atoms with E-state index in [9.17, 15) is 0 Å². The molecule has 0 aromatic carbocycles. The third kappa shape index (κ3) is 2.44. The second-order valence-electron chi connectivity index (χ2n) is 5.85. The lowest BCUT2D eigenvalue weighted by Gasteiger charge is -2.48. The van der Waals surface area contributed by atoms with E-state index < -0.39 is 0 Å². The Hall–Kier alpha value is -0.160. The lowest BCUT2D eigenvalue weighted by Crippen LogP contribution is -2.60. The predicted molar refractivity (Wildman–Crippen MR) is 70.5 cm³/mol. The molecule has 0 radical (unpaired) electrons. The second kappa shape index (κ2) is 5.87. The molecule has 0 bridgehead atoms. The van der Waals surface area contributed by atoms with Crippen LogP contribution in [0.4, 0.5) is 0 Å². The zero-order chi connectivity index (χ0) is 12.4. The van der Waals surface area contributed by atoms with Gasteiger partial charge < -0.3 is 15.2 Å². The van der Waals surface area contributed by atoms with Crippen molar-refractivity contribution in [2.75, 3.05) is 26.3 Å². The molecule has 0 spiro atoms. The molecule has 1 saturated carbocycles. The SMILES string of the molecule is NCC(C1CCCO1)N1CCOC2CCCCC21. The first kappa shape index (κ1) is 12.9. The van der Waals surface area contributed by atoms with Gasteiger partial charge in [-0.15, -0.1) is 0 Å². The maximum absolute atomic E-state index is 6.04. The van der Waals surface area contributed by atoms with Crippen molar-refractivity contribution in [2.45, 2.75) is 62.8 Å². The third-order valence-electron chi connectivity index (χ3n) is 4.84. The molecule has 0 aromatic rings. The molecule has 4 heteroatoms. The molecular formula is C14H26N2O2. The van der Waals surface area contributed by atoms with Gasteiger partial charge in [-0.3, -0.25) is 4.90 Å². The molecule has 2 heterocycles. The minimum Gasteiger partial charge on any atom is -0.377 e. The van der Waals surface area contributed by atoms with E-state index in [-0.39, 0.29) is 0 Å². The third-order valence-corrected chi connectivity index (χ3v) is 4.84. The monoisotopic (exact) mass is 254 g/mol. The maximum Gasteiger partial charge on any atom is 0.0743 e.